The van der Waals surface area contributed by atoms with Gasteiger partial charge in [0.05, 0.1) is 66.9 Å². The van der Waals surface area contributed by atoms with Crippen LogP contribution < -0.4 is 0 Å². The van der Waals surface area contributed by atoms with Crippen LogP contribution in [-0.4, -0.2) is 18.3 Å². The molecule has 0 spiro atoms. The molecule has 5 nitrogen and oxygen atoms in total. The molecular weight excluding hydrogens is 1100 g/mol. The lowest BCUT2D eigenvalue weighted by Crippen LogP contribution is -2.16. The number of aryl methyl sites for hydroxylation is 1. The van der Waals surface area contributed by atoms with Crippen molar-refractivity contribution >= 4 is 87.2 Å². The Balaban J connectivity index is 1.13. The first-order valence-electron chi connectivity index (χ1n) is 31.1. The quantitative estimate of drug-likeness (QED) is 0.142. The van der Waals surface area contributed by atoms with E-state index in [0.717, 1.165) is 171 Å². The first-order chi connectivity index (χ1) is 45.1. The second-order valence-corrected chi connectivity index (χ2v) is 23.9. The van der Waals surface area contributed by atoms with Gasteiger partial charge in [0.2, 0.25) is 0 Å². The molecule has 5 heteroatoms. The van der Waals surface area contributed by atoms with Crippen molar-refractivity contribution < 1.29 is 0 Å². The second kappa shape index (κ2) is 20.7. The Morgan fingerprint density at radius 1 is 0.220 bits per heavy atom. The fourth-order valence-corrected chi connectivity index (χ4v) is 14.8. The average molecular weight is 1160 g/mol. The molecule has 4 heterocycles. The van der Waals surface area contributed by atoms with Gasteiger partial charge < -0.3 is 18.3 Å². The SMILES string of the molecule is Cc1ccc(-c2c(-n3c4ccc(-c5ccccc5)cc4c4cc(-c5ccccc5)ccc43)c(-n3c4ccccc4c4ccccc43)c(C#N)c(-n3c4ccccc4c4ccccc43)c2-n2c3ccc(-c4ccccc4)cc3c3cc(-c4ccccc4)ccc32)cc1. The van der Waals surface area contributed by atoms with Gasteiger partial charge in [-0.15, -0.1) is 0 Å². The zero-order valence-corrected chi connectivity index (χ0v) is 49.8. The van der Waals surface area contributed by atoms with Crippen LogP contribution in [0.4, 0.5) is 0 Å². The summed E-state index contributed by atoms with van der Waals surface area (Å²) in [5.74, 6) is 0. The molecule has 0 aliphatic rings. The highest BCUT2D eigenvalue weighted by atomic mass is 15.1. The zero-order chi connectivity index (χ0) is 60.3. The fourth-order valence-electron chi connectivity index (χ4n) is 14.8. The molecule has 0 amide bonds. The maximum absolute atomic E-state index is 13.2. The van der Waals surface area contributed by atoms with Gasteiger partial charge in [0.25, 0.3) is 0 Å². The minimum Gasteiger partial charge on any atom is -0.306 e. The number of fused-ring (bicyclic) bond motifs is 12. The van der Waals surface area contributed by atoms with E-state index >= 15 is 0 Å². The van der Waals surface area contributed by atoms with Gasteiger partial charge in [-0.25, -0.2) is 0 Å². The molecule has 0 unspecified atom stereocenters. The largest absolute Gasteiger partial charge is 0.306 e. The molecule has 0 N–H and O–H groups in total. The van der Waals surface area contributed by atoms with E-state index in [1.54, 1.807) is 0 Å². The molecule has 18 aromatic rings. The van der Waals surface area contributed by atoms with E-state index in [2.05, 4.69) is 347 Å². The van der Waals surface area contributed by atoms with Crippen molar-refractivity contribution in [2.24, 2.45) is 0 Å². The van der Waals surface area contributed by atoms with Gasteiger partial charge in [0.1, 0.15) is 11.6 Å². The van der Waals surface area contributed by atoms with Crippen LogP contribution in [0.15, 0.2) is 315 Å². The molecule has 18 rings (SSSR count). The molecule has 0 saturated carbocycles. The molecule has 0 saturated heterocycles. The molecule has 0 aliphatic heterocycles. The third kappa shape index (κ3) is 8.03. The predicted molar refractivity (Wildman–Crippen MR) is 380 cm³/mol. The van der Waals surface area contributed by atoms with Crippen LogP contribution in [0.2, 0.25) is 0 Å². The average Bonchev–Trinajstić information content (AvgIpc) is 1.61. The zero-order valence-electron chi connectivity index (χ0n) is 49.8. The molecule has 14 aromatic carbocycles. The molecule has 0 atom stereocenters. The molecule has 4 aromatic heterocycles. The first kappa shape index (κ1) is 51.9. The number of nitriles is 1. The summed E-state index contributed by atoms with van der Waals surface area (Å²) < 4.78 is 9.85. The molecule has 0 radical (unpaired) electrons. The number of hydrogen-bond acceptors (Lipinski definition) is 1. The molecule has 0 aliphatic carbocycles. The number of rotatable bonds is 9. The van der Waals surface area contributed by atoms with E-state index in [1.165, 1.54) is 0 Å². The number of aromatic nitrogens is 4. The summed E-state index contributed by atoms with van der Waals surface area (Å²) in [4.78, 5) is 0. The highest BCUT2D eigenvalue weighted by molar-refractivity contribution is 6.18. The van der Waals surface area contributed by atoms with Crippen LogP contribution in [0, 0.1) is 18.3 Å². The molecule has 424 valence electrons. The van der Waals surface area contributed by atoms with Crippen molar-refractivity contribution in [1.29, 1.82) is 5.26 Å². The monoisotopic (exact) mass is 1160 g/mol. The van der Waals surface area contributed by atoms with Gasteiger partial charge in [0.15, 0.2) is 0 Å². The maximum atomic E-state index is 13.2. The van der Waals surface area contributed by atoms with Gasteiger partial charge in [-0.3, -0.25) is 0 Å². The Morgan fingerprint density at radius 2 is 0.462 bits per heavy atom. The molecule has 0 bridgehead atoms. The van der Waals surface area contributed by atoms with Crippen molar-refractivity contribution in [2.75, 3.05) is 0 Å². The molecular formula is C86H55N5. The summed E-state index contributed by atoms with van der Waals surface area (Å²) >= 11 is 0. The minimum atomic E-state index is 0.521. The number of para-hydroxylation sites is 4. The smallest absolute Gasteiger partial charge is 0.104 e. The summed E-state index contributed by atoms with van der Waals surface area (Å²) in [6.07, 6.45) is 0. The Labute approximate surface area is 525 Å². The summed E-state index contributed by atoms with van der Waals surface area (Å²) in [6, 6.07) is 118. The molecule has 0 fully saturated rings. The van der Waals surface area contributed by atoms with Gasteiger partial charge in [-0.2, -0.15) is 5.26 Å². The van der Waals surface area contributed by atoms with E-state index in [4.69, 9.17) is 0 Å². The summed E-state index contributed by atoms with van der Waals surface area (Å²) in [7, 11) is 0. The van der Waals surface area contributed by atoms with Crippen LogP contribution in [0.5, 0.6) is 0 Å². The van der Waals surface area contributed by atoms with Crippen LogP contribution in [0.3, 0.4) is 0 Å². The lowest BCUT2D eigenvalue weighted by molar-refractivity contribution is 1.04. The van der Waals surface area contributed by atoms with Crippen LogP contribution in [0.25, 0.3) is 166 Å². The summed E-state index contributed by atoms with van der Waals surface area (Å²) in [6.45, 7) is 2.17. The standard InChI is InChI=1S/C86H55N5/c1-55-38-40-60(41-39-55)82-85(90-78-46-42-61(56-22-6-2-7-23-56)50-69(78)70-51-62(43-47-79(70)90)57-24-8-3-9-25-57)83(88-74-34-18-14-30-65(74)66-31-15-19-35-75(66)88)73(54-87)84(89-76-36-20-16-32-67(76)68-33-17-21-37-77(68)89)86(82)91-80-48-44-63(58-26-10-4-11-27-58)52-71(80)72-53-64(45-49-81(72)91)59-28-12-5-13-29-59/h2-53H,1H3. The highest BCUT2D eigenvalue weighted by Gasteiger charge is 2.35. The van der Waals surface area contributed by atoms with Crippen molar-refractivity contribution in [3.8, 4) is 84.5 Å². The fraction of sp³-hybridized carbons (Fsp3) is 0.0116. The molecule has 91 heavy (non-hydrogen) atoms. The summed E-state index contributed by atoms with van der Waals surface area (Å²) in [5, 5.41) is 22.0. The Morgan fingerprint density at radius 3 is 0.747 bits per heavy atom. The van der Waals surface area contributed by atoms with E-state index in [-0.39, 0.29) is 0 Å². The van der Waals surface area contributed by atoms with Gasteiger partial charge >= 0.3 is 0 Å². The van der Waals surface area contributed by atoms with E-state index in [9.17, 15) is 5.26 Å². The Hall–Kier alpha value is -12.2. The number of hydrogen-bond donors (Lipinski definition) is 0. The van der Waals surface area contributed by atoms with Crippen LogP contribution >= 0.6 is 0 Å². The lowest BCUT2D eigenvalue weighted by atomic mass is 9.93. The number of nitrogens with zero attached hydrogens (tertiary/aromatic N) is 5. The Kier molecular flexibility index (Phi) is 11.8. The van der Waals surface area contributed by atoms with Gasteiger partial charge in [0, 0.05) is 48.7 Å². The van der Waals surface area contributed by atoms with Gasteiger partial charge in [-0.1, -0.05) is 248 Å². The lowest BCUT2D eigenvalue weighted by Gasteiger charge is -2.29. The highest BCUT2D eigenvalue weighted by Crippen LogP contribution is 2.53. The third-order valence-electron chi connectivity index (χ3n) is 18.9. The predicted octanol–water partition coefficient (Wildman–Crippen LogP) is 22.6. The van der Waals surface area contributed by atoms with Gasteiger partial charge in [-0.05, 0) is 130 Å². The maximum Gasteiger partial charge on any atom is 0.104 e. The van der Waals surface area contributed by atoms with Crippen LogP contribution in [0.1, 0.15) is 11.1 Å². The van der Waals surface area contributed by atoms with Crippen molar-refractivity contribution in [3.63, 3.8) is 0 Å². The second-order valence-electron chi connectivity index (χ2n) is 23.9. The third-order valence-corrected chi connectivity index (χ3v) is 18.9. The topological polar surface area (TPSA) is 43.5 Å². The van der Waals surface area contributed by atoms with E-state index < -0.39 is 0 Å². The van der Waals surface area contributed by atoms with E-state index in [0.29, 0.717) is 5.56 Å². The normalized spacial score (nSPS) is 11.8. The van der Waals surface area contributed by atoms with Crippen molar-refractivity contribution in [2.45, 2.75) is 6.92 Å². The first-order valence-corrected chi connectivity index (χ1v) is 31.1. The van der Waals surface area contributed by atoms with Crippen molar-refractivity contribution in [1.82, 2.24) is 18.3 Å². The van der Waals surface area contributed by atoms with Crippen LogP contribution in [-0.2, 0) is 0 Å². The summed E-state index contributed by atoms with van der Waals surface area (Å²) in [5.41, 5.74) is 24.0. The minimum absolute atomic E-state index is 0.521. The van der Waals surface area contributed by atoms with Crippen molar-refractivity contribution in [3.05, 3.63) is 327 Å². The Bertz CT molecular complexity index is 5360. The number of benzene rings is 14. The van der Waals surface area contributed by atoms with E-state index in [1.807, 2.05) is 0 Å².